The maximum atomic E-state index is 4.10. The fourth-order valence-electron chi connectivity index (χ4n) is 0.672. The predicted molar refractivity (Wildman–Crippen MR) is 38.3 cm³/mol. The molecule has 9 heavy (non-hydrogen) atoms. The minimum absolute atomic E-state index is 0.756. The topological polar surface area (TPSA) is 28.7 Å². The standard InChI is InChI=1S/C7H10N2/c1-4-7-8-5(2)6(3)9-7/h2-4H2,1H3,(H,8,9). The molecule has 0 saturated heterocycles. The molecule has 0 fully saturated rings. The van der Waals surface area contributed by atoms with Gasteiger partial charge < -0.3 is 4.98 Å². The van der Waals surface area contributed by atoms with Crippen LogP contribution in [-0.4, -0.2) is 9.97 Å². The van der Waals surface area contributed by atoms with Gasteiger partial charge in [0.05, 0.1) is 10.7 Å². The number of imidazole rings is 1. The van der Waals surface area contributed by atoms with E-state index in [2.05, 4.69) is 23.1 Å². The summed E-state index contributed by atoms with van der Waals surface area (Å²) in [5, 5.41) is 1.58. The van der Waals surface area contributed by atoms with Crippen molar-refractivity contribution in [2.24, 2.45) is 0 Å². The maximum absolute atomic E-state index is 4.10. The van der Waals surface area contributed by atoms with Gasteiger partial charge in [-0.05, 0) is 0 Å². The van der Waals surface area contributed by atoms with Crippen molar-refractivity contribution in [1.29, 1.82) is 0 Å². The summed E-state index contributed by atoms with van der Waals surface area (Å²) in [6.07, 6.45) is 0.915. The van der Waals surface area contributed by atoms with Crippen LogP contribution >= 0.6 is 0 Å². The van der Waals surface area contributed by atoms with Gasteiger partial charge in [0.25, 0.3) is 0 Å². The molecule has 0 aromatic carbocycles. The second-order valence-electron chi connectivity index (χ2n) is 1.96. The molecule has 0 atom stereocenters. The van der Waals surface area contributed by atoms with Gasteiger partial charge in [-0.15, -0.1) is 0 Å². The van der Waals surface area contributed by atoms with Crippen LogP contribution in [0.4, 0.5) is 0 Å². The van der Waals surface area contributed by atoms with Gasteiger partial charge in [-0.3, -0.25) is 0 Å². The number of nitrogens with zero attached hydrogens (tertiary/aromatic N) is 1. The van der Waals surface area contributed by atoms with E-state index < -0.39 is 0 Å². The molecular weight excluding hydrogens is 112 g/mol. The Bertz CT molecular complexity index is 257. The van der Waals surface area contributed by atoms with Crippen LogP contribution in [0, 0.1) is 0 Å². The third-order valence-electron chi connectivity index (χ3n) is 1.25. The lowest BCUT2D eigenvalue weighted by molar-refractivity contribution is 0.981. The number of aromatic nitrogens is 2. The first kappa shape index (κ1) is 6.08. The molecule has 0 saturated carbocycles. The summed E-state index contributed by atoms with van der Waals surface area (Å²) in [6.45, 7) is 9.43. The van der Waals surface area contributed by atoms with E-state index in [1.165, 1.54) is 0 Å². The lowest BCUT2D eigenvalue weighted by atomic mass is 10.5. The number of nitrogens with one attached hydrogen (secondary N) is 1. The monoisotopic (exact) mass is 122 g/mol. The normalized spacial score (nSPS) is 9.89. The third kappa shape index (κ3) is 1.02. The van der Waals surface area contributed by atoms with E-state index in [0.29, 0.717) is 0 Å². The van der Waals surface area contributed by atoms with Crippen molar-refractivity contribution in [2.45, 2.75) is 13.3 Å². The average molecular weight is 122 g/mol. The number of hydrogen-bond donors (Lipinski definition) is 1. The molecule has 0 bridgehead atoms. The lowest BCUT2D eigenvalue weighted by Gasteiger charge is -1.80. The largest absolute Gasteiger partial charge is 0.342 e. The zero-order valence-corrected chi connectivity index (χ0v) is 5.57. The second-order valence-corrected chi connectivity index (χ2v) is 1.96. The Balaban J connectivity index is 3.29. The molecule has 0 aliphatic rings. The first-order chi connectivity index (χ1) is 4.24. The summed E-state index contributed by atoms with van der Waals surface area (Å²) in [6, 6.07) is 0. The predicted octanol–water partition coefficient (Wildman–Crippen LogP) is -0.207. The Morgan fingerprint density at radius 2 is 2.22 bits per heavy atom. The highest BCUT2D eigenvalue weighted by atomic mass is 14.9. The molecule has 2 nitrogen and oxygen atoms in total. The van der Waals surface area contributed by atoms with E-state index in [1.807, 2.05) is 6.92 Å². The molecule has 48 valence electrons. The molecule has 0 amide bonds. The first-order valence-electron chi connectivity index (χ1n) is 2.96. The number of rotatable bonds is 1. The molecule has 0 radical (unpaired) electrons. The fourth-order valence-corrected chi connectivity index (χ4v) is 0.672. The molecule has 0 unspecified atom stereocenters. The van der Waals surface area contributed by atoms with E-state index in [4.69, 9.17) is 0 Å². The van der Waals surface area contributed by atoms with Gasteiger partial charge in [-0.25, -0.2) is 4.98 Å². The molecular formula is C7H10N2. The Morgan fingerprint density at radius 3 is 2.44 bits per heavy atom. The van der Waals surface area contributed by atoms with Crippen molar-refractivity contribution in [1.82, 2.24) is 9.97 Å². The molecule has 1 rings (SSSR count). The number of hydrogen-bond acceptors (Lipinski definition) is 1. The highest BCUT2D eigenvalue weighted by molar-refractivity contribution is 5.05. The van der Waals surface area contributed by atoms with Gasteiger partial charge in [0.2, 0.25) is 0 Å². The van der Waals surface area contributed by atoms with E-state index in [9.17, 15) is 0 Å². The maximum Gasteiger partial charge on any atom is 0.106 e. The summed E-state index contributed by atoms with van der Waals surface area (Å²) < 4.78 is 0. The molecule has 2 heteroatoms. The van der Waals surface area contributed by atoms with Crippen LogP contribution in [0.2, 0.25) is 0 Å². The Labute approximate surface area is 53.9 Å². The smallest absolute Gasteiger partial charge is 0.106 e. The van der Waals surface area contributed by atoms with Crippen LogP contribution in [0.5, 0.6) is 0 Å². The SMILES string of the molecule is C=c1nc(CC)[nH]c1=C. The molecule has 0 aliphatic carbocycles. The first-order valence-corrected chi connectivity index (χ1v) is 2.96. The van der Waals surface area contributed by atoms with Crippen LogP contribution in [-0.2, 0) is 6.42 Å². The minimum Gasteiger partial charge on any atom is -0.342 e. The minimum atomic E-state index is 0.756. The van der Waals surface area contributed by atoms with E-state index in [-0.39, 0.29) is 0 Å². The van der Waals surface area contributed by atoms with Gasteiger partial charge in [0.1, 0.15) is 5.82 Å². The van der Waals surface area contributed by atoms with Gasteiger partial charge in [-0.2, -0.15) is 0 Å². The quantitative estimate of drug-likeness (QED) is 0.548. The van der Waals surface area contributed by atoms with Gasteiger partial charge in [-0.1, -0.05) is 20.1 Å². The molecule has 1 aromatic rings. The van der Waals surface area contributed by atoms with Crippen molar-refractivity contribution in [2.75, 3.05) is 0 Å². The Hall–Kier alpha value is -1.05. The summed E-state index contributed by atoms with van der Waals surface area (Å²) in [5.74, 6) is 0.963. The molecule has 1 aromatic heterocycles. The van der Waals surface area contributed by atoms with E-state index in [1.54, 1.807) is 0 Å². The highest BCUT2D eigenvalue weighted by Gasteiger charge is 1.89. The van der Waals surface area contributed by atoms with Crippen LogP contribution in [0.25, 0.3) is 13.2 Å². The van der Waals surface area contributed by atoms with Crippen molar-refractivity contribution in [3.8, 4) is 0 Å². The van der Waals surface area contributed by atoms with Crippen molar-refractivity contribution < 1.29 is 0 Å². The van der Waals surface area contributed by atoms with Gasteiger partial charge in [0.15, 0.2) is 0 Å². The molecule has 0 spiro atoms. The Morgan fingerprint density at radius 1 is 1.56 bits per heavy atom. The fraction of sp³-hybridized carbons (Fsp3) is 0.286. The van der Waals surface area contributed by atoms with Crippen LogP contribution in [0.3, 0.4) is 0 Å². The molecule has 1 heterocycles. The average Bonchev–Trinajstić information content (AvgIpc) is 2.13. The zero-order chi connectivity index (χ0) is 6.85. The molecule has 1 N–H and O–H groups in total. The number of aromatic amines is 1. The van der Waals surface area contributed by atoms with Crippen LogP contribution in [0.15, 0.2) is 0 Å². The zero-order valence-electron chi connectivity index (χ0n) is 5.57. The summed E-state index contributed by atoms with van der Waals surface area (Å²) in [5.41, 5.74) is 0. The Kier molecular flexibility index (Phi) is 1.39. The van der Waals surface area contributed by atoms with Crippen molar-refractivity contribution in [3.05, 3.63) is 16.5 Å². The van der Waals surface area contributed by atoms with Gasteiger partial charge in [0, 0.05) is 6.42 Å². The third-order valence-corrected chi connectivity index (χ3v) is 1.25. The van der Waals surface area contributed by atoms with Gasteiger partial charge >= 0.3 is 0 Å². The van der Waals surface area contributed by atoms with Crippen LogP contribution < -0.4 is 10.7 Å². The second kappa shape index (κ2) is 2.05. The number of aryl methyl sites for hydroxylation is 1. The molecule has 0 aliphatic heterocycles. The van der Waals surface area contributed by atoms with E-state index in [0.717, 1.165) is 22.9 Å². The summed E-state index contributed by atoms with van der Waals surface area (Å²) in [7, 11) is 0. The van der Waals surface area contributed by atoms with Crippen molar-refractivity contribution >= 4 is 13.2 Å². The van der Waals surface area contributed by atoms with E-state index >= 15 is 0 Å². The van der Waals surface area contributed by atoms with Crippen LogP contribution in [0.1, 0.15) is 12.7 Å². The summed E-state index contributed by atoms with van der Waals surface area (Å²) >= 11 is 0. The number of H-pyrrole nitrogens is 1. The highest BCUT2D eigenvalue weighted by Crippen LogP contribution is 1.78. The van der Waals surface area contributed by atoms with Crippen molar-refractivity contribution in [3.63, 3.8) is 0 Å². The lowest BCUT2D eigenvalue weighted by Crippen LogP contribution is -2.19. The summed E-state index contributed by atoms with van der Waals surface area (Å²) in [4.78, 5) is 7.11.